The van der Waals surface area contributed by atoms with Crippen molar-refractivity contribution in [3.05, 3.63) is 29.3 Å². The number of aliphatic carboxylic acids is 1. The standard InChI is InChI=1S/C13H14F3NO2/c1-2-12(11(18)19)6-5-8-7-9(13(14,15)16)3-4-10(8)17-12/h3-4,7,17H,2,5-6H2,1H3,(H,18,19). The monoisotopic (exact) mass is 273 g/mol. The highest BCUT2D eigenvalue weighted by Crippen LogP contribution is 2.37. The summed E-state index contributed by atoms with van der Waals surface area (Å²) in [5.41, 5.74) is -0.789. The highest BCUT2D eigenvalue weighted by atomic mass is 19.4. The van der Waals surface area contributed by atoms with Crippen LogP contribution in [0.5, 0.6) is 0 Å². The van der Waals surface area contributed by atoms with E-state index in [1.807, 2.05) is 0 Å². The molecule has 0 amide bonds. The smallest absolute Gasteiger partial charge is 0.416 e. The molecule has 0 saturated heterocycles. The lowest BCUT2D eigenvalue weighted by Crippen LogP contribution is -2.48. The van der Waals surface area contributed by atoms with E-state index < -0.39 is 23.2 Å². The number of anilines is 1. The van der Waals surface area contributed by atoms with Crippen molar-refractivity contribution < 1.29 is 23.1 Å². The van der Waals surface area contributed by atoms with Crippen molar-refractivity contribution in [3.8, 4) is 0 Å². The number of carboxylic acids is 1. The van der Waals surface area contributed by atoms with Crippen LogP contribution < -0.4 is 5.32 Å². The van der Waals surface area contributed by atoms with Gasteiger partial charge in [0.05, 0.1) is 5.56 Å². The molecule has 2 N–H and O–H groups in total. The molecule has 1 aromatic carbocycles. The first-order chi connectivity index (χ1) is 8.78. The van der Waals surface area contributed by atoms with E-state index in [4.69, 9.17) is 0 Å². The Hall–Kier alpha value is -1.72. The van der Waals surface area contributed by atoms with Crippen molar-refractivity contribution in [1.82, 2.24) is 0 Å². The van der Waals surface area contributed by atoms with E-state index >= 15 is 0 Å². The van der Waals surface area contributed by atoms with E-state index in [1.165, 1.54) is 6.07 Å². The normalized spacial score (nSPS) is 22.5. The molecule has 104 valence electrons. The fraction of sp³-hybridized carbons (Fsp3) is 0.462. The van der Waals surface area contributed by atoms with Gasteiger partial charge in [-0.2, -0.15) is 13.2 Å². The van der Waals surface area contributed by atoms with E-state index in [9.17, 15) is 23.1 Å². The second kappa shape index (κ2) is 4.43. The fourth-order valence-electron chi connectivity index (χ4n) is 2.34. The van der Waals surface area contributed by atoms with Crippen LogP contribution in [-0.2, 0) is 17.4 Å². The van der Waals surface area contributed by atoms with Crippen LogP contribution in [0.1, 0.15) is 30.9 Å². The average Bonchev–Trinajstić information content (AvgIpc) is 2.36. The van der Waals surface area contributed by atoms with Gasteiger partial charge < -0.3 is 10.4 Å². The molecule has 0 radical (unpaired) electrons. The SMILES string of the molecule is CCC1(C(=O)O)CCc2cc(C(F)(F)F)ccc2N1. The average molecular weight is 273 g/mol. The highest BCUT2D eigenvalue weighted by molar-refractivity contribution is 5.84. The molecule has 0 fully saturated rings. The Morgan fingerprint density at radius 2 is 2.16 bits per heavy atom. The van der Waals surface area contributed by atoms with Crippen LogP contribution in [0.2, 0.25) is 0 Å². The third-order valence-electron chi connectivity index (χ3n) is 3.64. The van der Waals surface area contributed by atoms with E-state index in [2.05, 4.69) is 5.32 Å². The summed E-state index contributed by atoms with van der Waals surface area (Å²) < 4.78 is 37.8. The molecule has 3 nitrogen and oxygen atoms in total. The number of carbonyl (C=O) groups is 1. The van der Waals surface area contributed by atoms with Crippen molar-refractivity contribution in [2.45, 2.75) is 37.9 Å². The third-order valence-corrected chi connectivity index (χ3v) is 3.64. The van der Waals surface area contributed by atoms with E-state index in [1.54, 1.807) is 6.92 Å². The van der Waals surface area contributed by atoms with Crippen molar-refractivity contribution >= 4 is 11.7 Å². The van der Waals surface area contributed by atoms with Gasteiger partial charge in [0.25, 0.3) is 0 Å². The number of carboxylic acid groups (broad SMARTS) is 1. The van der Waals surface area contributed by atoms with Crippen molar-refractivity contribution in [3.63, 3.8) is 0 Å². The molecule has 0 saturated carbocycles. The van der Waals surface area contributed by atoms with E-state index in [-0.39, 0.29) is 6.42 Å². The Balaban J connectivity index is 2.36. The Labute approximate surface area is 108 Å². The number of hydrogen-bond donors (Lipinski definition) is 2. The first-order valence-corrected chi connectivity index (χ1v) is 6.00. The fourth-order valence-corrected chi connectivity index (χ4v) is 2.34. The molecule has 1 atom stereocenters. The maximum atomic E-state index is 12.6. The van der Waals surface area contributed by atoms with Gasteiger partial charge in [-0.1, -0.05) is 6.92 Å². The summed E-state index contributed by atoms with van der Waals surface area (Å²) in [5.74, 6) is -0.972. The zero-order chi connectivity index (χ0) is 14.3. The zero-order valence-electron chi connectivity index (χ0n) is 10.3. The van der Waals surface area contributed by atoms with Crippen LogP contribution in [0, 0.1) is 0 Å². The molecule has 0 spiro atoms. The minimum atomic E-state index is -4.37. The minimum absolute atomic E-state index is 0.285. The molecular weight excluding hydrogens is 259 g/mol. The number of alkyl halides is 3. The second-order valence-electron chi connectivity index (χ2n) is 4.74. The number of hydrogen-bond acceptors (Lipinski definition) is 2. The van der Waals surface area contributed by atoms with Crippen LogP contribution >= 0.6 is 0 Å². The van der Waals surface area contributed by atoms with Gasteiger partial charge in [-0.25, -0.2) is 4.79 Å². The van der Waals surface area contributed by atoms with Gasteiger partial charge in [0.15, 0.2) is 0 Å². The van der Waals surface area contributed by atoms with Crippen LogP contribution in [-0.4, -0.2) is 16.6 Å². The molecule has 0 aromatic heterocycles. The van der Waals surface area contributed by atoms with Crippen molar-refractivity contribution in [2.75, 3.05) is 5.32 Å². The van der Waals surface area contributed by atoms with Crippen LogP contribution in [0.15, 0.2) is 18.2 Å². The number of nitrogens with one attached hydrogen (secondary N) is 1. The van der Waals surface area contributed by atoms with Crippen LogP contribution in [0.3, 0.4) is 0 Å². The molecule has 2 rings (SSSR count). The number of fused-ring (bicyclic) bond motifs is 1. The first kappa shape index (κ1) is 13.7. The first-order valence-electron chi connectivity index (χ1n) is 6.00. The zero-order valence-corrected chi connectivity index (χ0v) is 10.3. The number of aryl methyl sites for hydroxylation is 1. The van der Waals surface area contributed by atoms with Gasteiger partial charge in [0, 0.05) is 5.69 Å². The van der Waals surface area contributed by atoms with Gasteiger partial charge in [0.1, 0.15) is 5.54 Å². The molecule has 1 aromatic rings. The summed E-state index contributed by atoms with van der Waals surface area (Å²) in [6.45, 7) is 1.75. The van der Waals surface area contributed by atoms with Gasteiger partial charge in [-0.3, -0.25) is 0 Å². The minimum Gasteiger partial charge on any atom is -0.480 e. The lowest BCUT2D eigenvalue weighted by molar-refractivity contribution is -0.143. The Bertz CT molecular complexity index is 513. The molecule has 19 heavy (non-hydrogen) atoms. The molecule has 1 aliphatic rings. The van der Waals surface area contributed by atoms with Crippen molar-refractivity contribution in [1.29, 1.82) is 0 Å². The largest absolute Gasteiger partial charge is 0.480 e. The van der Waals surface area contributed by atoms with Gasteiger partial charge >= 0.3 is 12.1 Å². The van der Waals surface area contributed by atoms with E-state index in [0.717, 1.165) is 12.1 Å². The molecule has 1 aliphatic heterocycles. The summed E-state index contributed by atoms with van der Waals surface area (Å²) in [4.78, 5) is 11.3. The Kier molecular flexibility index (Phi) is 3.20. The molecule has 1 heterocycles. The summed E-state index contributed by atoms with van der Waals surface area (Å²) in [7, 11) is 0. The van der Waals surface area contributed by atoms with Crippen LogP contribution in [0.25, 0.3) is 0 Å². The molecular formula is C13H14F3NO2. The summed E-state index contributed by atoms with van der Waals surface area (Å²) in [6.07, 6.45) is -3.39. The highest BCUT2D eigenvalue weighted by Gasteiger charge is 2.40. The predicted octanol–water partition coefficient (Wildman–Crippen LogP) is 3.30. The Morgan fingerprint density at radius 3 is 2.68 bits per heavy atom. The lowest BCUT2D eigenvalue weighted by Gasteiger charge is -2.36. The van der Waals surface area contributed by atoms with Gasteiger partial charge in [0.2, 0.25) is 0 Å². The number of rotatable bonds is 2. The quantitative estimate of drug-likeness (QED) is 0.869. The second-order valence-corrected chi connectivity index (χ2v) is 4.74. The summed E-state index contributed by atoms with van der Waals surface area (Å²) >= 11 is 0. The molecule has 0 aliphatic carbocycles. The maximum absolute atomic E-state index is 12.6. The van der Waals surface area contributed by atoms with E-state index in [0.29, 0.717) is 24.1 Å². The summed E-state index contributed by atoms with van der Waals surface area (Å²) in [5, 5.41) is 12.1. The third kappa shape index (κ3) is 2.39. The van der Waals surface area contributed by atoms with Crippen LogP contribution in [0.4, 0.5) is 18.9 Å². The molecule has 1 unspecified atom stereocenters. The Morgan fingerprint density at radius 1 is 1.47 bits per heavy atom. The molecule has 6 heteroatoms. The molecule has 0 bridgehead atoms. The topological polar surface area (TPSA) is 49.3 Å². The van der Waals surface area contributed by atoms with Gasteiger partial charge in [-0.15, -0.1) is 0 Å². The number of halogens is 3. The summed E-state index contributed by atoms with van der Waals surface area (Å²) in [6, 6.07) is 3.37. The van der Waals surface area contributed by atoms with Gasteiger partial charge in [-0.05, 0) is 43.0 Å². The number of benzene rings is 1. The van der Waals surface area contributed by atoms with Crippen molar-refractivity contribution in [2.24, 2.45) is 0 Å². The maximum Gasteiger partial charge on any atom is 0.416 e. The predicted molar refractivity (Wildman–Crippen MR) is 64.0 cm³/mol. The lowest BCUT2D eigenvalue weighted by atomic mass is 9.83.